The van der Waals surface area contributed by atoms with Crippen molar-refractivity contribution in [3.63, 3.8) is 0 Å². The smallest absolute Gasteiger partial charge is 0.124 e. The highest BCUT2D eigenvalue weighted by atomic mass is 32.1. The topological polar surface area (TPSA) is 20.2 Å². The van der Waals surface area contributed by atoms with Crippen LogP contribution in [0, 0.1) is 0 Å². The van der Waals surface area contributed by atoms with Gasteiger partial charge in [-0.15, -0.1) is 0 Å². The quantitative estimate of drug-likeness (QED) is 0.612. The Hall–Kier alpha value is -1.02. The highest BCUT2D eigenvalue weighted by Gasteiger charge is 1.96. The minimum Gasteiger partial charge on any atom is -0.507 e. The molecule has 50 valence electrons. The fourth-order valence-electron chi connectivity index (χ4n) is 0.977. The van der Waals surface area contributed by atoms with E-state index in [1.54, 1.807) is 17.4 Å². The fraction of sp³-hybridized carbons (Fsp3) is 0. The number of thiophene rings is 1. The largest absolute Gasteiger partial charge is 0.507 e. The molecule has 0 saturated carbocycles. The van der Waals surface area contributed by atoms with Crippen LogP contribution in [0.2, 0.25) is 0 Å². The first kappa shape index (κ1) is 5.74. The van der Waals surface area contributed by atoms with E-state index in [2.05, 4.69) is 0 Å². The molecule has 2 rings (SSSR count). The molecule has 0 spiro atoms. The van der Waals surface area contributed by atoms with Gasteiger partial charge in [-0.2, -0.15) is 11.3 Å². The van der Waals surface area contributed by atoms with Crippen molar-refractivity contribution in [3.8, 4) is 5.75 Å². The summed E-state index contributed by atoms with van der Waals surface area (Å²) < 4.78 is 0. The van der Waals surface area contributed by atoms with E-state index in [0.717, 1.165) is 10.8 Å². The first-order valence-electron chi connectivity index (χ1n) is 3.02. The summed E-state index contributed by atoms with van der Waals surface area (Å²) >= 11 is 1.61. The summed E-state index contributed by atoms with van der Waals surface area (Å²) in [7, 11) is 0. The van der Waals surface area contributed by atoms with Crippen LogP contribution < -0.4 is 0 Å². The SMILES string of the molecule is Oc1cccc2cscc12. The lowest BCUT2D eigenvalue weighted by Crippen LogP contribution is -1.63. The van der Waals surface area contributed by atoms with E-state index in [1.807, 2.05) is 22.9 Å². The molecule has 2 aromatic rings. The van der Waals surface area contributed by atoms with E-state index in [9.17, 15) is 5.11 Å². The molecule has 0 bridgehead atoms. The van der Waals surface area contributed by atoms with Crippen LogP contribution in [0.5, 0.6) is 5.75 Å². The standard InChI is InChI=1S/C8H6OS/c9-8-3-1-2-6-4-10-5-7(6)8/h1-5,9H. The molecule has 1 heterocycles. The molecule has 0 amide bonds. The molecule has 0 aliphatic rings. The molecule has 0 aliphatic heterocycles. The molecule has 0 fully saturated rings. The van der Waals surface area contributed by atoms with Crippen LogP contribution in [0.3, 0.4) is 0 Å². The number of aromatic hydroxyl groups is 1. The lowest BCUT2D eigenvalue weighted by Gasteiger charge is -1.90. The maximum Gasteiger partial charge on any atom is 0.124 e. The van der Waals surface area contributed by atoms with Crippen molar-refractivity contribution in [2.45, 2.75) is 0 Å². The average Bonchev–Trinajstić information content (AvgIpc) is 2.36. The van der Waals surface area contributed by atoms with Gasteiger partial charge in [-0.05, 0) is 16.8 Å². The van der Waals surface area contributed by atoms with Crippen molar-refractivity contribution in [1.82, 2.24) is 0 Å². The van der Waals surface area contributed by atoms with Crippen LogP contribution in [-0.4, -0.2) is 5.11 Å². The third kappa shape index (κ3) is 0.693. The van der Waals surface area contributed by atoms with Crippen LogP contribution >= 0.6 is 11.3 Å². The predicted octanol–water partition coefficient (Wildman–Crippen LogP) is 2.61. The Balaban J connectivity index is 2.95. The van der Waals surface area contributed by atoms with Gasteiger partial charge in [0.2, 0.25) is 0 Å². The van der Waals surface area contributed by atoms with E-state index in [1.165, 1.54) is 0 Å². The molecule has 1 aromatic heterocycles. The Morgan fingerprint density at radius 1 is 1.20 bits per heavy atom. The average molecular weight is 150 g/mol. The van der Waals surface area contributed by atoms with E-state index < -0.39 is 0 Å². The van der Waals surface area contributed by atoms with Crippen LogP contribution in [0.15, 0.2) is 29.0 Å². The molecule has 10 heavy (non-hydrogen) atoms. The van der Waals surface area contributed by atoms with Crippen LogP contribution in [0.25, 0.3) is 10.8 Å². The van der Waals surface area contributed by atoms with Crippen molar-refractivity contribution in [2.24, 2.45) is 0 Å². The minimum atomic E-state index is 0.374. The van der Waals surface area contributed by atoms with Gasteiger partial charge in [0.05, 0.1) is 0 Å². The molecule has 0 saturated heterocycles. The van der Waals surface area contributed by atoms with Crippen molar-refractivity contribution < 1.29 is 5.11 Å². The number of fused-ring (bicyclic) bond motifs is 1. The van der Waals surface area contributed by atoms with Gasteiger partial charge in [0.25, 0.3) is 0 Å². The Morgan fingerprint density at radius 3 is 2.90 bits per heavy atom. The van der Waals surface area contributed by atoms with Gasteiger partial charge in [-0.1, -0.05) is 12.1 Å². The van der Waals surface area contributed by atoms with E-state index in [-0.39, 0.29) is 0 Å². The Morgan fingerprint density at radius 2 is 2.10 bits per heavy atom. The lowest BCUT2D eigenvalue weighted by atomic mass is 10.2. The molecule has 1 nitrogen and oxygen atoms in total. The summed E-state index contributed by atoms with van der Waals surface area (Å²) in [6.07, 6.45) is 0. The molecule has 0 aliphatic carbocycles. The molecule has 1 N–H and O–H groups in total. The van der Waals surface area contributed by atoms with E-state index in [0.29, 0.717) is 5.75 Å². The first-order chi connectivity index (χ1) is 4.88. The summed E-state index contributed by atoms with van der Waals surface area (Å²) in [6.45, 7) is 0. The van der Waals surface area contributed by atoms with Gasteiger partial charge in [0.15, 0.2) is 0 Å². The predicted molar refractivity (Wildman–Crippen MR) is 43.5 cm³/mol. The first-order valence-corrected chi connectivity index (χ1v) is 3.96. The number of phenolic OH excluding ortho intramolecular Hbond substituents is 1. The number of hydrogen-bond donors (Lipinski definition) is 1. The molecular formula is C8H6OS. The van der Waals surface area contributed by atoms with E-state index >= 15 is 0 Å². The molecule has 1 aromatic carbocycles. The second-order valence-electron chi connectivity index (χ2n) is 2.15. The molecule has 0 radical (unpaired) electrons. The van der Waals surface area contributed by atoms with Gasteiger partial charge in [-0.25, -0.2) is 0 Å². The summed E-state index contributed by atoms with van der Waals surface area (Å²) in [5.41, 5.74) is 0. The molecular weight excluding hydrogens is 144 g/mol. The Kier molecular flexibility index (Phi) is 1.14. The van der Waals surface area contributed by atoms with Crippen LogP contribution in [-0.2, 0) is 0 Å². The maximum absolute atomic E-state index is 9.27. The van der Waals surface area contributed by atoms with Crippen molar-refractivity contribution in [2.75, 3.05) is 0 Å². The highest BCUT2D eigenvalue weighted by molar-refractivity contribution is 7.09. The summed E-state index contributed by atoms with van der Waals surface area (Å²) in [5, 5.41) is 15.3. The van der Waals surface area contributed by atoms with Crippen molar-refractivity contribution in [3.05, 3.63) is 29.0 Å². The summed E-state index contributed by atoms with van der Waals surface area (Å²) in [6, 6.07) is 5.55. The zero-order valence-electron chi connectivity index (χ0n) is 5.24. The second-order valence-corrected chi connectivity index (χ2v) is 2.90. The number of benzene rings is 1. The second kappa shape index (κ2) is 1.99. The van der Waals surface area contributed by atoms with Crippen molar-refractivity contribution >= 4 is 22.1 Å². The Bertz CT molecular complexity index is 351. The van der Waals surface area contributed by atoms with Gasteiger partial charge in [-0.3, -0.25) is 0 Å². The summed E-state index contributed by atoms with van der Waals surface area (Å²) in [5.74, 6) is 0.374. The van der Waals surface area contributed by atoms with Gasteiger partial charge >= 0.3 is 0 Å². The van der Waals surface area contributed by atoms with Gasteiger partial charge in [0, 0.05) is 10.8 Å². The monoisotopic (exact) mass is 150 g/mol. The summed E-state index contributed by atoms with van der Waals surface area (Å²) in [4.78, 5) is 0. The molecule has 0 atom stereocenters. The van der Waals surface area contributed by atoms with Gasteiger partial charge in [0.1, 0.15) is 5.75 Å². The normalized spacial score (nSPS) is 10.4. The van der Waals surface area contributed by atoms with Crippen molar-refractivity contribution in [1.29, 1.82) is 0 Å². The lowest BCUT2D eigenvalue weighted by molar-refractivity contribution is 0.482. The molecule has 2 heteroatoms. The third-order valence-corrected chi connectivity index (χ3v) is 2.26. The van der Waals surface area contributed by atoms with Crippen LogP contribution in [0.1, 0.15) is 0 Å². The number of hydrogen-bond acceptors (Lipinski definition) is 2. The molecule has 0 unspecified atom stereocenters. The fourth-order valence-corrected chi connectivity index (χ4v) is 1.79. The van der Waals surface area contributed by atoms with Gasteiger partial charge < -0.3 is 5.11 Å². The Labute approximate surface area is 62.5 Å². The third-order valence-electron chi connectivity index (χ3n) is 1.50. The van der Waals surface area contributed by atoms with E-state index in [4.69, 9.17) is 0 Å². The zero-order valence-corrected chi connectivity index (χ0v) is 6.06. The zero-order chi connectivity index (χ0) is 6.97. The highest BCUT2D eigenvalue weighted by Crippen LogP contribution is 2.26. The minimum absolute atomic E-state index is 0.374. The van der Waals surface area contributed by atoms with Crippen LogP contribution in [0.4, 0.5) is 0 Å². The number of rotatable bonds is 0. The maximum atomic E-state index is 9.27. The number of phenols is 1.